The number of halogens is 1. The van der Waals surface area contributed by atoms with Crippen molar-refractivity contribution in [3.63, 3.8) is 0 Å². The Morgan fingerprint density at radius 2 is 1.85 bits per heavy atom. The molecule has 174 valence electrons. The second-order valence-electron chi connectivity index (χ2n) is 8.62. The Labute approximate surface area is 208 Å². The van der Waals surface area contributed by atoms with E-state index in [1.807, 2.05) is 41.3 Å². The fraction of sp³-hybridized carbons (Fsp3) is 0.296. The van der Waals surface area contributed by atoms with Crippen LogP contribution in [0.1, 0.15) is 47.3 Å². The zero-order valence-electron chi connectivity index (χ0n) is 19.0. The second kappa shape index (κ2) is 10.1. The van der Waals surface area contributed by atoms with Crippen LogP contribution in [0.2, 0.25) is 5.02 Å². The van der Waals surface area contributed by atoms with Crippen molar-refractivity contribution in [2.24, 2.45) is 0 Å². The number of nitrogens with zero attached hydrogens (tertiary/aromatic N) is 3. The quantitative estimate of drug-likeness (QED) is 0.291. The summed E-state index contributed by atoms with van der Waals surface area (Å²) in [6.07, 6.45) is 10.6. The van der Waals surface area contributed by atoms with E-state index in [1.54, 1.807) is 19.5 Å². The van der Waals surface area contributed by atoms with Gasteiger partial charge in [0.2, 0.25) is 0 Å². The number of carbonyl (C=O) groups excluding carboxylic acids is 1. The van der Waals surface area contributed by atoms with Crippen molar-refractivity contribution < 1.29 is 9.53 Å². The number of aromatic nitrogens is 2. The van der Waals surface area contributed by atoms with Crippen molar-refractivity contribution in [2.75, 3.05) is 7.11 Å². The third kappa shape index (κ3) is 4.52. The Morgan fingerprint density at radius 1 is 1.09 bits per heavy atom. The molecule has 0 bridgehead atoms. The molecule has 1 aliphatic carbocycles. The van der Waals surface area contributed by atoms with Crippen LogP contribution in [0.5, 0.6) is 5.75 Å². The van der Waals surface area contributed by atoms with E-state index in [-0.39, 0.29) is 11.9 Å². The molecular weight excluding hydrogens is 466 g/mol. The molecule has 2 heterocycles. The molecule has 0 saturated heterocycles. The maximum absolute atomic E-state index is 14.0. The summed E-state index contributed by atoms with van der Waals surface area (Å²) in [5, 5.41) is 1.48. The van der Waals surface area contributed by atoms with Gasteiger partial charge in [-0.25, -0.2) is 9.97 Å². The van der Waals surface area contributed by atoms with Crippen molar-refractivity contribution in [2.45, 2.75) is 44.7 Å². The molecule has 1 saturated carbocycles. The largest absolute Gasteiger partial charge is 0.496 e. The lowest BCUT2D eigenvalue weighted by Crippen LogP contribution is -2.40. The lowest BCUT2D eigenvalue weighted by Gasteiger charge is -2.34. The molecule has 1 aliphatic rings. The second-order valence-corrected chi connectivity index (χ2v) is 10.1. The zero-order chi connectivity index (χ0) is 23.5. The highest BCUT2D eigenvalue weighted by Gasteiger charge is 2.30. The lowest BCUT2D eigenvalue weighted by molar-refractivity contribution is 0.0618. The average molecular weight is 492 g/mol. The number of hydrogen-bond acceptors (Lipinski definition) is 5. The van der Waals surface area contributed by atoms with Crippen LogP contribution >= 0.6 is 22.9 Å². The van der Waals surface area contributed by atoms with E-state index in [0.717, 1.165) is 58.2 Å². The van der Waals surface area contributed by atoms with Crippen LogP contribution in [0.3, 0.4) is 0 Å². The summed E-state index contributed by atoms with van der Waals surface area (Å²) in [5.41, 5.74) is 2.88. The first-order chi connectivity index (χ1) is 16.7. The van der Waals surface area contributed by atoms with Crippen LogP contribution in [-0.4, -0.2) is 33.9 Å². The molecule has 0 aliphatic heterocycles. The lowest BCUT2D eigenvalue weighted by atomic mass is 9.93. The number of amides is 1. The van der Waals surface area contributed by atoms with Gasteiger partial charge in [0, 0.05) is 46.2 Å². The first kappa shape index (κ1) is 22.8. The molecule has 5 rings (SSSR count). The summed E-state index contributed by atoms with van der Waals surface area (Å²) >= 11 is 8.20. The average Bonchev–Trinajstić information content (AvgIpc) is 3.24. The molecule has 2 aromatic heterocycles. The number of ether oxygens (including phenoxy) is 1. The summed E-state index contributed by atoms with van der Waals surface area (Å²) in [7, 11) is 1.67. The standard InChI is InChI=1S/C27H26ClN3O2S/c1-33-23-12-11-18(20-14-29-17-30-15-20)13-19(23)16-31(21-7-3-2-4-8-21)27(32)26-25(28)22-9-5-6-10-24(22)34-26/h5-6,9-15,17,21H,2-4,7-8,16H2,1H3. The number of rotatable bonds is 6. The molecule has 0 unspecified atom stereocenters. The Hall–Kier alpha value is -2.96. The highest BCUT2D eigenvalue weighted by atomic mass is 35.5. The predicted octanol–water partition coefficient (Wildman–Crippen LogP) is 7.00. The molecular formula is C27H26ClN3O2S. The van der Waals surface area contributed by atoms with Gasteiger partial charge >= 0.3 is 0 Å². The normalized spacial score (nSPS) is 14.3. The highest BCUT2D eigenvalue weighted by Crippen LogP contribution is 2.38. The monoisotopic (exact) mass is 491 g/mol. The van der Waals surface area contributed by atoms with E-state index in [1.165, 1.54) is 24.1 Å². The number of thiophene rings is 1. The smallest absolute Gasteiger partial charge is 0.266 e. The minimum Gasteiger partial charge on any atom is -0.496 e. The SMILES string of the molecule is COc1ccc(-c2cncnc2)cc1CN(C(=O)c1sc2ccccc2c1Cl)C1CCCCC1. The van der Waals surface area contributed by atoms with Crippen LogP contribution in [-0.2, 0) is 6.54 Å². The third-order valence-electron chi connectivity index (χ3n) is 6.52. The fourth-order valence-corrected chi connectivity index (χ4v) is 6.22. The van der Waals surface area contributed by atoms with E-state index in [4.69, 9.17) is 16.3 Å². The molecule has 7 heteroatoms. The number of carbonyl (C=O) groups is 1. The van der Waals surface area contributed by atoms with Gasteiger partial charge in [0.1, 0.15) is 17.0 Å². The van der Waals surface area contributed by atoms with Crippen LogP contribution in [0, 0.1) is 0 Å². The molecule has 2 aromatic carbocycles. The van der Waals surface area contributed by atoms with E-state index >= 15 is 0 Å². The molecule has 0 radical (unpaired) electrons. The van der Waals surface area contributed by atoms with Crippen molar-refractivity contribution in [3.05, 3.63) is 76.6 Å². The molecule has 0 spiro atoms. The highest BCUT2D eigenvalue weighted by molar-refractivity contribution is 7.21. The van der Waals surface area contributed by atoms with Gasteiger partial charge in [-0.2, -0.15) is 0 Å². The van der Waals surface area contributed by atoms with Crippen molar-refractivity contribution in [1.82, 2.24) is 14.9 Å². The Morgan fingerprint density at radius 3 is 2.59 bits per heavy atom. The Kier molecular flexibility index (Phi) is 6.79. The van der Waals surface area contributed by atoms with Gasteiger partial charge in [0.15, 0.2) is 0 Å². The molecule has 5 nitrogen and oxygen atoms in total. The summed E-state index contributed by atoms with van der Waals surface area (Å²) < 4.78 is 6.72. The minimum atomic E-state index is -0.00593. The Bertz CT molecular complexity index is 1300. The maximum Gasteiger partial charge on any atom is 0.266 e. The van der Waals surface area contributed by atoms with Gasteiger partial charge in [-0.05, 0) is 36.6 Å². The summed E-state index contributed by atoms with van der Waals surface area (Å²) in [4.78, 5) is 24.9. The summed E-state index contributed by atoms with van der Waals surface area (Å²) in [6.45, 7) is 0.457. The van der Waals surface area contributed by atoms with Crippen LogP contribution in [0.15, 0.2) is 61.2 Å². The Balaban J connectivity index is 1.54. The molecule has 4 aromatic rings. The molecule has 0 N–H and O–H groups in total. The first-order valence-corrected chi connectivity index (χ1v) is 12.8. The van der Waals surface area contributed by atoms with E-state index < -0.39 is 0 Å². The molecule has 0 atom stereocenters. The number of hydrogen-bond donors (Lipinski definition) is 0. The predicted molar refractivity (Wildman–Crippen MR) is 138 cm³/mol. The zero-order valence-corrected chi connectivity index (χ0v) is 20.6. The molecule has 1 amide bonds. The van der Waals surface area contributed by atoms with Gasteiger partial charge in [-0.1, -0.05) is 55.1 Å². The third-order valence-corrected chi connectivity index (χ3v) is 8.18. The molecule has 34 heavy (non-hydrogen) atoms. The number of fused-ring (bicyclic) bond motifs is 1. The first-order valence-electron chi connectivity index (χ1n) is 11.6. The van der Waals surface area contributed by atoms with E-state index in [9.17, 15) is 4.79 Å². The molecule has 1 fully saturated rings. The van der Waals surface area contributed by atoms with Crippen LogP contribution in [0.25, 0.3) is 21.2 Å². The van der Waals surface area contributed by atoms with Gasteiger partial charge < -0.3 is 9.64 Å². The minimum absolute atomic E-state index is 0.00593. The van der Waals surface area contributed by atoms with Crippen LogP contribution in [0.4, 0.5) is 0 Å². The van der Waals surface area contributed by atoms with Gasteiger partial charge in [0.25, 0.3) is 5.91 Å². The summed E-state index contributed by atoms with van der Waals surface area (Å²) in [6, 6.07) is 14.1. The van der Waals surface area contributed by atoms with Crippen molar-refractivity contribution >= 4 is 38.9 Å². The fourth-order valence-electron chi connectivity index (χ4n) is 4.75. The topological polar surface area (TPSA) is 55.3 Å². The van der Waals surface area contributed by atoms with Gasteiger partial charge in [0.05, 0.1) is 12.1 Å². The van der Waals surface area contributed by atoms with Crippen molar-refractivity contribution in [1.29, 1.82) is 0 Å². The van der Waals surface area contributed by atoms with Crippen LogP contribution < -0.4 is 4.74 Å². The number of benzene rings is 2. The summed E-state index contributed by atoms with van der Waals surface area (Å²) in [5.74, 6) is 0.755. The van der Waals surface area contributed by atoms with Crippen molar-refractivity contribution in [3.8, 4) is 16.9 Å². The van der Waals surface area contributed by atoms with E-state index in [2.05, 4.69) is 16.0 Å². The van der Waals surface area contributed by atoms with Gasteiger partial charge in [-0.15, -0.1) is 11.3 Å². The van der Waals surface area contributed by atoms with E-state index in [0.29, 0.717) is 16.4 Å². The number of methoxy groups -OCH3 is 1. The van der Waals surface area contributed by atoms with Gasteiger partial charge in [-0.3, -0.25) is 4.79 Å². The maximum atomic E-state index is 14.0.